The van der Waals surface area contributed by atoms with E-state index in [0.29, 0.717) is 12.1 Å². The number of aromatic nitrogens is 1. The van der Waals surface area contributed by atoms with Gasteiger partial charge in [-0.2, -0.15) is 0 Å². The lowest BCUT2D eigenvalue weighted by Gasteiger charge is -2.15. The van der Waals surface area contributed by atoms with Crippen LogP contribution in [0.1, 0.15) is 36.5 Å². The summed E-state index contributed by atoms with van der Waals surface area (Å²) in [6, 6.07) is 14.0. The first-order chi connectivity index (χ1) is 13.6. The van der Waals surface area contributed by atoms with E-state index in [-0.39, 0.29) is 5.91 Å². The number of likely N-dealkylation sites (N-methyl/N-ethyl adjacent to an activating group) is 1. The number of amides is 1. The topological polar surface area (TPSA) is 57.3 Å². The van der Waals surface area contributed by atoms with Crippen molar-refractivity contribution in [1.82, 2.24) is 15.2 Å². The normalized spacial score (nSPS) is 11.3. The molecule has 0 aliphatic rings. The van der Waals surface area contributed by atoms with Gasteiger partial charge in [-0.3, -0.25) is 4.79 Å². The number of carbonyl (C=O) groups is 1. The Kier molecular flexibility index (Phi) is 6.82. The molecule has 2 aromatic carbocycles. The van der Waals surface area contributed by atoms with Gasteiger partial charge in [0.05, 0.1) is 22.3 Å². The fraction of sp³-hybridized carbons (Fsp3) is 0.391. The highest BCUT2D eigenvalue weighted by atomic mass is 16.1. The van der Waals surface area contributed by atoms with Gasteiger partial charge in [-0.05, 0) is 32.6 Å². The maximum Gasteiger partial charge on any atom is 0.253 e. The molecular formula is C23H30N4O. The van der Waals surface area contributed by atoms with Crippen LogP contribution in [0.5, 0.6) is 0 Å². The van der Waals surface area contributed by atoms with Crippen LogP contribution in [0, 0.1) is 0 Å². The maximum atomic E-state index is 12.8. The number of carbonyl (C=O) groups excluding carboxylic acids is 1. The van der Waals surface area contributed by atoms with E-state index in [1.165, 1.54) is 12.8 Å². The van der Waals surface area contributed by atoms with E-state index in [9.17, 15) is 4.79 Å². The molecular weight excluding hydrogens is 348 g/mol. The molecule has 3 rings (SSSR count). The van der Waals surface area contributed by atoms with Crippen LogP contribution in [0.25, 0.3) is 21.8 Å². The molecule has 1 amide bonds. The van der Waals surface area contributed by atoms with Gasteiger partial charge in [-0.15, -0.1) is 0 Å². The Morgan fingerprint density at radius 1 is 1.00 bits per heavy atom. The number of nitrogens with one attached hydrogen (secondary N) is 2. The Morgan fingerprint density at radius 3 is 2.57 bits per heavy atom. The lowest BCUT2D eigenvalue weighted by molar-refractivity contribution is 0.0952. The highest BCUT2D eigenvalue weighted by Crippen LogP contribution is 2.32. The number of hydrogen-bond donors (Lipinski definition) is 2. The Hall–Kier alpha value is -2.66. The van der Waals surface area contributed by atoms with Crippen LogP contribution in [0.2, 0.25) is 0 Å². The van der Waals surface area contributed by atoms with E-state index >= 15 is 0 Å². The molecule has 0 bridgehead atoms. The Labute approximate surface area is 167 Å². The van der Waals surface area contributed by atoms with Gasteiger partial charge in [0.2, 0.25) is 0 Å². The van der Waals surface area contributed by atoms with Gasteiger partial charge in [0.15, 0.2) is 0 Å². The Bertz CT molecular complexity index is 952. The number of hydrogen-bond acceptors (Lipinski definition) is 4. The second-order valence-corrected chi connectivity index (χ2v) is 7.40. The number of anilines is 1. The number of fused-ring (bicyclic) bond motifs is 2. The number of rotatable bonds is 9. The highest BCUT2D eigenvalue weighted by Gasteiger charge is 2.15. The van der Waals surface area contributed by atoms with Crippen LogP contribution >= 0.6 is 0 Å². The zero-order valence-corrected chi connectivity index (χ0v) is 17.1. The molecule has 2 N–H and O–H groups in total. The maximum absolute atomic E-state index is 12.8. The molecule has 148 valence electrons. The fourth-order valence-electron chi connectivity index (χ4n) is 3.36. The molecule has 3 aromatic rings. The smallest absolute Gasteiger partial charge is 0.253 e. The van der Waals surface area contributed by atoms with E-state index < -0.39 is 0 Å². The lowest BCUT2D eigenvalue weighted by Crippen LogP contribution is -2.31. The molecule has 0 aliphatic carbocycles. The minimum absolute atomic E-state index is 0.0767. The molecule has 0 spiro atoms. The molecule has 0 atom stereocenters. The summed E-state index contributed by atoms with van der Waals surface area (Å²) in [5.41, 5.74) is 3.35. The molecule has 5 nitrogen and oxygen atoms in total. The minimum Gasteiger partial charge on any atom is -0.384 e. The summed E-state index contributed by atoms with van der Waals surface area (Å²) in [6.45, 7) is 4.53. The van der Waals surface area contributed by atoms with Gasteiger partial charge < -0.3 is 15.5 Å². The molecule has 1 aromatic heterocycles. The summed E-state index contributed by atoms with van der Waals surface area (Å²) in [7, 11) is 3.99. The fourth-order valence-corrected chi connectivity index (χ4v) is 3.36. The number of pyridine rings is 1. The van der Waals surface area contributed by atoms with Crippen molar-refractivity contribution in [2.75, 3.05) is 39.0 Å². The van der Waals surface area contributed by atoms with E-state index in [0.717, 1.165) is 47.0 Å². The monoisotopic (exact) mass is 378 g/mol. The average molecular weight is 379 g/mol. The molecule has 0 fully saturated rings. The lowest BCUT2D eigenvalue weighted by atomic mass is 10.0. The SMILES string of the molecule is CCCCCNc1c2ccccc2nc2c(C(=O)NCCN(C)C)cccc12. The molecule has 0 unspecified atom stereocenters. The predicted molar refractivity (Wildman–Crippen MR) is 118 cm³/mol. The van der Waals surface area contributed by atoms with Crippen LogP contribution in [0.15, 0.2) is 42.5 Å². The molecule has 1 heterocycles. The van der Waals surface area contributed by atoms with Gasteiger partial charge >= 0.3 is 0 Å². The molecule has 0 saturated heterocycles. The average Bonchev–Trinajstić information content (AvgIpc) is 2.69. The zero-order chi connectivity index (χ0) is 19.9. The van der Waals surface area contributed by atoms with Gasteiger partial charge in [0.25, 0.3) is 5.91 Å². The largest absolute Gasteiger partial charge is 0.384 e. The number of nitrogens with zero attached hydrogens (tertiary/aromatic N) is 2. The molecule has 28 heavy (non-hydrogen) atoms. The first-order valence-electron chi connectivity index (χ1n) is 10.1. The van der Waals surface area contributed by atoms with E-state index in [2.05, 4.69) is 23.6 Å². The zero-order valence-electron chi connectivity index (χ0n) is 17.1. The van der Waals surface area contributed by atoms with Gasteiger partial charge in [0.1, 0.15) is 0 Å². The van der Waals surface area contributed by atoms with Crippen LogP contribution in [0.4, 0.5) is 5.69 Å². The number of unbranched alkanes of at least 4 members (excludes halogenated alkanes) is 2. The van der Waals surface area contributed by atoms with Crippen LogP contribution in [-0.2, 0) is 0 Å². The van der Waals surface area contributed by atoms with Crippen molar-refractivity contribution in [3.05, 3.63) is 48.0 Å². The van der Waals surface area contributed by atoms with Crippen molar-refractivity contribution in [1.29, 1.82) is 0 Å². The molecule has 0 aliphatic heterocycles. The molecule has 0 radical (unpaired) electrons. The summed E-state index contributed by atoms with van der Waals surface area (Å²) in [6.07, 6.45) is 3.52. The highest BCUT2D eigenvalue weighted by molar-refractivity contribution is 6.14. The van der Waals surface area contributed by atoms with Crippen LogP contribution in [-0.4, -0.2) is 49.5 Å². The van der Waals surface area contributed by atoms with Gasteiger partial charge in [-0.25, -0.2) is 4.98 Å². The number of para-hydroxylation sites is 2. The molecule has 5 heteroatoms. The van der Waals surface area contributed by atoms with Crippen LogP contribution in [0.3, 0.4) is 0 Å². The minimum atomic E-state index is -0.0767. The summed E-state index contributed by atoms with van der Waals surface area (Å²) in [5.74, 6) is -0.0767. The third-order valence-corrected chi connectivity index (χ3v) is 4.88. The third kappa shape index (κ3) is 4.60. The standard InChI is InChI=1S/C23H30N4O/c1-4-5-8-14-24-21-17-10-6-7-13-20(17)26-22-18(21)11-9-12-19(22)23(28)25-15-16-27(2)3/h6-7,9-13H,4-5,8,14-16H2,1-3H3,(H,24,26)(H,25,28). The first-order valence-corrected chi connectivity index (χ1v) is 10.1. The van der Waals surface area contributed by atoms with Gasteiger partial charge in [-0.1, -0.05) is 50.1 Å². The summed E-state index contributed by atoms with van der Waals surface area (Å²) >= 11 is 0. The summed E-state index contributed by atoms with van der Waals surface area (Å²) in [5, 5.41) is 8.71. The quantitative estimate of drug-likeness (QED) is 0.431. The van der Waals surface area contributed by atoms with E-state index in [1.807, 2.05) is 55.4 Å². The van der Waals surface area contributed by atoms with Gasteiger partial charge in [0, 0.05) is 30.4 Å². The first kappa shape index (κ1) is 20.1. The van der Waals surface area contributed by atoms with Crippen LogP contribution < -0.4 is 10.6 Å². The predicted octanol–water partition coefficient (Wildman–Crippen LogP) is 4.28. The van der Waals surface area contributed by atoms with Crippen molar-refractivity contribution in [2.45, 2.75) is 26.2 Å². The van der Waals surface area contributed by atoms with Crippen molar-refractivity contribution < 1.29 is 4.79 Å². The second kappa shape index (κ2) is 9.51. The van der Waals surface area contributed by atoms with Crippen molar-refractivity contribution >= 4 is 33.4 Å². The van der Waals surface area contributed by atoms with Crippen molar-refractivity contribution in [2.24, 2.45) is 0 Å². The summed E-state index contributed by atoms with van der Waals surface area (Å²) in [4.78, 5) is 19.7. The summed E-state index contributed by atoms with van der Waals surface area (Å²) < 4.78 is 0. The van der Waals surface area contributed by atoms with Crippen molar-refractivity contribution in [3.8, 4) is 0 Å². The van der Waals surface area contributed by atoms with E-state index in [1.54, 1.807) is 0 Å². The molecule has 0 saturated carbocycles. The second-order valence-electron chi connectivity index (χ2n) is 7.40. The van der Waals surface area contributed by atoms with Crippen molar-refractivity contribution in [3.63, 3.8) is 0 Å². The number of benzene rings is 2. The Morgan fingerprint density at radius 2 is 1.79 bits per heavy atom. The van der Waals surface area contributed by atoms with E-state index in [4.69, 9.17) is 4.98 Å². The third-order valence-electron chi connectivity index (χ3n) is 4.88. The Balaban J connectivity index is 2.01.